The molecular formula is C24H25ClN4O4S. The van der Waals surface area contributed by atoms with Crippen molar-refractivity contribution in [2.45, 2.75) is 19.3 Å². The van der Waals surface area contributed by atoms with Crippen molar-refractivity contribution >= 4 is 39.9 Å². The zero-order valence-electron chi connectivity index (χ0n) is 18.9. The molecule has 8 nitrogen and oxygen atoms in total. The van der Waals surface area contributed by atoms with Gasteiger partial charge in [-0.3, -0.25) is 9.59 Å². The number of hydrogen-bond donors (Lipinski definition) is 1. The molecule has 1 fully saturated rings. The fourth-order valence-electron chi connectivity index (χ4n) is 3.90. The fourth-order valence-corrected chi connectivity index (χ4v) is 4.89. The molecule has 0 atom stereocenters. The van der Waals surface area contributed by atoms with Crippen LogP contribution in [0.2, 0.25) is 5.02 Å². The average molecular weight is 501 g/mol. The zero-order chi connectivity index (χ0) is 24.1. The van der Waals surface area contributed by atoms with Gasteiger partial charge < -0.3 is 19.7 Å². The summed E-state index contributed by atoms with van der Waals surface area (Å²) in [6.07, 6.45) is 1.73. The van der Waals surface area contributed by atoms with Crippen molar-refractivity contribution in [1.82, 2.24) is 15.1 Å². The zero-order valence-corrected chi connectivity index (χ0v) is 20.5. The van der Waals surface area contributed by atoms with E-state index >= 15 is 0 Å². The maximum absolute atomic E-state index is 12.8. The molecule has 10 heteroatoms. The normalized spacial score (nSPS) is 14.0. The second kappa shape index (κ2) is 10.8. The van der Waals surface area contributed by atoms with Gasteiger partial charge in [-0.2, -0.15) is 0 Å². The number of halogens is 1. The van der Waals surface area contributed by atoms with Crippen molar-refractivity contribution in [3.05, 3.63) is 63.6 Å². The molecule has 1 aromatic heterocycles. The Morgan fingerprint density at radius 2 is 1.82 bits per heavy atom. The Labute approximate surface area is 206 Å². The van der Waals surface area contributed by atoms with Crippen LogP contribution in [0.15, 0.2) is 42.5 Å². The van der Waals surface area contributed by atoms with Crippen molar-refractivity contribution in [1.29, 1.82) is 0 Å². The minimum absolute atomic E-state index is 0.0985. The SMILES string of the molecule is COc1ccc(Cc2nnc(NC(=O)C3CCN(C(=O)c4ccccc4Cl)CC3)s2)cc1OC. The maximum Gasteiger partial charge on any atom is 0.255 e. The Kier molecular flexibility index (Phi) is 7.64. The molecule has 0 unspecified atom stereocenters. The third-order valence-corrected chi connectivity index (χ3v) is 6.93. The van der Waals surface area contributed by atoms with Gasteiger partial charge in [0.15, 0.2) is 11.5 Å². The Hall–Kier alpha value is -3.17. The molecule has 0 aliphatic carbocycles. The van der Waals surface area contributed by atoms with Crippen LogP contribution >= 0.6 is 22.9 Å². The van der Waals surface area contributed by atoms with Crippen molar-refractivity contribution in [2.24, 2.45) is 5.92 Å². The number of hydrogen-bond acceptors (Lipinski definition) is 7. The third-order valence-electron chi connectivity index (χ3n) is 5.76. The van der Waals surface area contributed by atoms with Gasteiger partial charge >= 0.3 is 0 Å². The lowest BCUT2D eigenvalue weighted by atomic mass is 9.95. The molecule has 2 heterocycles. The quantitative estimate of drug-likeness (QED) is 0.520. The van der Waals surface area contributed by atoms with Crippen molar-refractivity contribution in [3.63, 3.8) is 0 Å². The van der Waals surface area contributed by atoms with Gasteiger partial charge in [0.1, 0.15) is 5.01 Å². The highest BCUT2D eigenvalue weighted by Crippen LogP contribution is 2.29. The first-order valence-electron chi connectivity index (χ1n) is 10.9. The van der Waals surface area contributed by atoms with E-state index in [0.29, 0.717) is 59.6 Å². The standard InChI is InChI=1S/C24H25ClN4O4S/c1-32-19-8-7-15(13-20(19)33-2)14-21-27-28-24(34-21)26-22(30)16-9-11-29(12-10-16)23(31)17-5-3-4-6-18(17)25/h3-8,13,16H,9-12,14H2,1-2H3,(H,26,28,30). The average Bonchev–Trinajstić information content (AvgIpc) is 3.30. The number of anilines is 1. The second-order valence-electron chi connectivity index (χ2n) is 7.90. The van der Waals surface area contributed by atoms with Gasteiger partial charge in [-0.15, -0.1) is 10.2 Å². The lowest BCUT2D eigenvalue weighted by Gasteiger charge is -2.31. The van der Waals surface area contributed by atoms with E-state index in [1.165, 1.54) is 11.3 Å². The summed E-state index contributed by atoms with van der Waals surface area (Å²) in [4.78, 5) is 27.2. The summed E-state index contributed by atoms with van der Waals surface area (Å²) in [5.41, 5.74) is 1.49. The van der Waals surface area contributed by atoms with Crippen LogP contribution in [-0.2, 0) is 11.2 Å². The van der Waals surface area contributed by atoms with Gasteiger partial charge in [-0.1, -0.05) is 41.1 Å². The van der Waals surface area contributed by atoms with E-state index in [4.69, 9.17) is 21.1 Å². The van der Waals surface area contributed by atoms with Gasteiger partial charge in [0.25, 0.3) is 5.91 Å². The summed E-state index contributed by atoms with van der Waals surface area (Å²) in [5, 5.41) is 12.9. The first-order chi connectivity index (χ1) is 16.5. The monoisotopic (exact) mass is 500 g/mol. The first kappa shape index (κ1) is 24.0. The Balaban J connectivity index is 1.30. The molecule has 178 valence electrons. The number of nitrogens with one attached hydrogen (secondary N) is 1. The highest BCUT2D eigenvalue weighted by Gasteiger charge is 2.29. The van der Waals surface area contributed by atoms with E-state index in [0.717, 1.165) is 10.6 Å². The highest BCUT2D eigenvalue weighted by atomic mass is 35.5. The minimum Gasteiger partial charge on any atom is -0.493 e. The molecule has 1 aliphatic rings. The molecule has 1 aliphatic heterocycles. The number of likely N-dealkylation sites (tertiary alicyclic amines) is 1. The van der Waals surface area contributed by atoms with Crippen LogP contribution in [0.4, 0.5) is 5.13 Å². The molecule has 0 spiro atoms. The number of rotatable bonds is 7. The Bertz CT molecular complexity index is 1180. The first-order valence-corrected chi connectivity index (χ1v) is 12.1. The number of carbonyl (C=O) groups is 2. The lowest BCUT2D eigenvalue weighted by molar-refractivity contribution is -0.121. The summed E-state index contributed by atoms with van der Waals surface area (Å²) in [7, 11) is 3.19. The largest absolute Gasteiger partial charge is 0.493 e. The number of ether oxygens (including phenoxy) is 2. The molecule has 0 radical (unpaired) electrons. The van der Waals surface area contributed by atoms with E-state index in [1.807, 2.05) is 18.2 Å². The van der Waals surface area contributed by atoms with Crippen LogP contribution in [0.3, 0.4) is 0 Å². The van der Waals surface area contributed by atoms with Crippen LogP contribution < -0.4 is 14.8 Å². The number of piperidine rings is 1. The number of nitrogens with zero attached hydrogens (tertiary/aromatic N) is 3. The number of amides is 2. The van der Waals surface area contributed by atoms with Crippen LogP contribution in [0.25, 0.3) is 0 Å². The predicted molar refractivity (Wildman–Crippen MR) is 131 cm³/mol. The highest BCUT2D eigenvalue weighted by molar-refractivity contribution is 7.15. The predicted octanol–water partition coefficient (Wildman–Crippen LogP) is 4.29. The number of aromatic nitrogens is 2. The number of benzene rings is 2. The van der Waals surface area contributed by atoms with Crippen LogP contribution in [0.1, 0.15) is 33.8 Å². The van der Waals surface area contributed by atoms with Crippen molar-refractivity contribution in [2.75, 3.05) is 32.6 Å². The molecule has 3 aromatic rings. The van der Waals surface area contributed by atoms with Crippen molar-refractivity contribution < 1.29 is 19.1 Å². The molecular weight excluding hydrogens is 476 g/mol. The molecule has 4 rings (SSSR count). The number of methoxy groups -OCH3 is 2. The number of carbonyl (C=O) groups excluding carboxylic acids is 2. The van der Waals surface area contributed by atoms with Crippen molar-refractivity contribution in [3.8, 4) is 11.5 Å². The molecule has 2 aromatic carbocycles. The molecule has 1 saturated heterocycles. The van der Waals surface area contributed by atoms with Gasteiger partial charge in [-0.05, 0) is 42.7 Å². The van der Waals surface area contributed by atoms with Crippen LogP contribution in [0.5, 0.6) is 11.5 Å². The fraction of sp³-hybridized carbons (Fsp3) is 0.333. The summed E-state index contributed by atoms with van der Waals surface area (Å²) in [5.74, 6) is 0.925. The van der Waals surface area contributed by atoms with E-state index < -0.39 is 0 Å². The Morgan fingerprint density at radius 3 is 2.53 bits per heavy atom. The molecule has 1 N–H and O–H groups in total. The van der Waals surface area contributed by atoms with E-state index in [9.17, 15) is 9.59 Å². The van der Waals surface area contributed by atoms with E-state index in [2.05, 4.69) is 15.5 Å². The smallest absolute Gasteiger partial charge is 0.255 e. The van der Waals surface area contributed by atoms with Crippen LogP contribution in [-0.4, -0.2) is 54.2 Å². The topological polar surface area (TPSA) is 93.7 Å². The second-order valence-corrected chi connectivity index (χ2v) is 9.37. The van der Waals surface area contributed by atoms with Gasteiger partial charge in [0.05, 0.1) is 24.8 Å². The summed E-state index contributed by atoms with van der Waals surface area (Å²) < 4.78 is 10.6. The van der Waals surface area contributed by atoms with Gasteiger partial charge in [0.2, 0.25) is 11.0 Å². The minimum atomic E-state index is -0.187. The van der Waals surface area contributed by atoms with Gasteiger partial charge in [-0.25, -0.2) is 0 Å². The van der Waals surface area contributed by atoms with E-state index in [-0.39, 0.29) is 17.7 Å². The maximum atomic E-state index is 12.8. The Morgan fingerprint density at radius 1 is 1.09 bits per heavy atom. The molecule has 0 bridgehead atoms. The summed E-state index contributed by atoms with van der Waals surface area (Å²) in [6, 6.07) is 12.7. The molecule has 34 heavy (non-hydrogen) atoms. The van der Waals surface area contributed by atoms with E-state index in [1.54, 1.807) is 43.4 Å². The summed E-state index contributed by atoms with van der Waals surface area (Å²) >= 11 is 7.50. The van der Waals surface area contributed by atoms with Crippen LogP contribution in [0, 0.1) is 5.92 Å². The third kappa shape index (κ3) is 5.48. The van der Waals surface area contributed by atoms with Gasteiger partial charge in [0, 0.05) is 25.4 Å². The molecule has 2 amide bonds. The molecule has 0 saturated carbocycles. The lowest BCUT2D eigenvalue weighted by Crippen LogP contribution is -2.41. The summed E-state index contributed by atoms with van der Waals surface area (Å²) in [6.45, 7) is 1.01.